The van der Waals surface area contributed by atoms with E-state index in [1.54, 1.807) is 18.2 Å². The van der Waals surface area contributed by atoms with Gasteiger partial charge >= 0.3 is 0 Å². The standard InChI is InChI=1S/C14H20BrClN2O/c1-5-18(10(2)9-17(3)4)14(19)12-8-11(16)6-7-13(12)15/h6-8,10H,5,9H2,1-4H3. The van der Waals surface area contributed by atoms with Gasteiger partial charge in [0.1, 0.15) is 0 Å². The summed E-state index contributed by atoms with van der Waals surface area (Å²) in [4.78, 5) is 16.5. The predicted octanol–water partition coefficient (Wildman–Crippen LogP) is 3.51. The molecule has 0 spiro atoms. The Morgan fingerprint density at radius 1 is 1.42 bits per heavy atom. The van der Waals surface area contributed by atoms with Gasteiger partial charge in [-0.1, -0.05) is 11.6 Å². The Morgan fingerprint density at radius 3 is 2.58 bits per heavy atom. The van der Waals surface area contributed by atoms with Crippen molar-refractivity contribution in [2.45, 2.75) is 19.9 Å². The van der Waals surface area contributed by atoms with E-state index in [4.69, 9.17) is 11.6 Å². The Bertz CT molecular complexity index is 451. The van der Waals surface area contributed by atoms with Crippen LogP contribution in [0.4, 0.5) is 0 Å². The Kier molecular flexibility index (Phi) is 6.30. The molecule has 0 aromatic heterocycles. The molecule has 0 radical (unpaired) electrons. The number of nitrogens with zero attached hydrogens (tertiary/aromatic N) is 2. The van der Waals surface area contributed by atoms with Gasteiger partial charge in [-0.15, -0.1) is 0 Å². The summed E-state index contributed by atoms with van der Waals surface area (Å²) in [6.45, 7) is 5.55. The molecule has 1 rings (SSSR count). The minimum absolute atomic E-state index is 0.00576. The molecule has 0 aliphatic rings. The van der Waals surface area contributed by atoms with Crippen LogP contribution < -0.4 is 0 Å². The molecule has 0 fully saturated rings. The first-order valence-corrected chi connectivity index (χ1v) is 7.44. The van der Waals surface area contributed by atoms with Crippen molar-refractivity contribution in [3.8, 4) is 0 Å². The van der Waals surface area contributed by atoms with E-state index >= 15 is 0 Å². The van der Waals surface area contributed by atoms with E-state index in [1.807, 2.05) is 25.9 Å². The molecule has 5 heteroatoms. The average Bonchev–Trinajstić information content (AvgIpc) is 2.32. The summed E-state index contributed by atoms with van der Waals surface area (Å²) < 4.78 is 0.775. The molecule has 19 heavy (non-hydrogen) atoms. The van der Waals surface area contributed by atoms with E-state index in [2.05, 4.69) is 27.8 Å². The molecule has 1 aromatic carbocycles. The van der Waals surface area contributed by atoms with Crippen LogP contribution in [0.5, 0.6) is 0 Å². The summed E-state index contributed by atoms with van der Waals surface area (Å²) in [5, 5.41) is 0.572. The van der Waals surface area contributed by atoms with Crippen LogP contribution in [0.1, 0.15) is 24.2 Å². The molecule has 0 aliphatic carbocycles. The molecule has 0 bridgehead atoms. The van der Waals surface area contributed by atoms with Crippen LogP contribution in [0.25, 0.3) is 0 Å². The highest BCUT2D eigenvalue weighted by Gasteiger charge is 2.22. The predicted molar refractivity (Wildman–Crippen MR) is 83.9 cm³/mol. The molecular weight excluding hydrogens is 328 g/mol. The molecule has 106 valence electrons. The van der Waals surface area contributed by atoms with Gasteiger partial charge in [0, 0.05) is 28.6 Å². The number of carbonyl (C=O) groups is 1. The molecule has 1 amide bonds. The second-order valence-electron chi connectivity index (χ2n) is 4.83. The smallest absolute Gasteiger partial charge is 0.255 e. The zero-order chi connectivity index (χ0) is 14.6. The van der Waals surface area contributed by atoms with Crippen molar-refractivity contribution in [2.75, 3.05) is 27.2 Å². The summed E-state index contributed by atoms with van der Waals surface area (Å²) in [6, 6.07) is 5.43. The SMILES string of the molecule is CCN(C(=O)c1cc(Cl)ccc1Br)C(C)CN(C)C. The maximum atomic E-state index is 12.6. The number of rotatable bonds is 5. The normalized spacial score (nSPS) is 12.6. The first-order chi connectivity index (χ1) is 8.86. The molecule has 3 nitrogen and oxygen atoms in total. The fraction of sp³-hybridized carbons (Fsp3) is 0.500. The van der Waals surface area contributed by atoms with Gasteiger partial charge in [-0.2, -0.15) is 0 Å². The van der Waals surface area contributed by atoms with Crippen LogP contribution in [-0.2, 0) is 0 Å². The first kappa shape index (κ1) is 16.5. The molecule has 1 atom stereocenters. The van der Waals surface area contributed by atoms with Crippen molar-refractivity contribution in [3.05, 3.63) is 33.3 Å². The number of amides is 1. The van der Waals surface area contributed by atoms with Crippen LogP contribution in [0.15, 0.2) is 22.7 Å². The van der Waals surface area contributed by atoms with Crippen molar-refractivity contribution in [1.29, 1.82) is 0 Å². The van der Waals surface area contributed by atoms with Crippen LogP contribution >= 0.6 is 27.5 Å². The zero-order valence-corrected chi connectivity index (χ0v) is 14.1. The number of hydrogen-bond acceptors (Lipinski definition) is 2. The van der Waals surface area contributed by atoms with Crippen LogP contribution in [0.2, 0.25) is 5.02 Å². The first-order valence-electron chi connectivity index (χ1n) is 6.27. The monoisotopic (exact) mass is 346 g/mol. The van der Waals surface area contributed by atoms with Crippen LogP contribution in [0.3, 0.4) is 0 Å². The molecule has 0 saturated carbocycles. The fourth-order valence-electron chi connectivity index (χ4n) is 2.10. The number of likely N-dealkylation sites (N-methyl/N-ethyl adjacent to an activating group) is 2. The minimum atomic E-state index is 0.00576. The largest absolute Gasteiger partial charge is 0.335 e. The topological polar surface area (TPSA) is 23.6 Å². The molecule has 1 aromatic rings. The number of halogens is 2. The Hall–Kier alpha value is -0.580. The van der Waals surface area contributed by atoms with Gasteiger partial charge in [0.15, 0.2) is 0 Å². The Morgan fingerprint density at radius 2 is 2.05 bits per heavy atom. The van der Waals surface area contributed by atoms with Gasteiger partial charge in [0.2, 0.25) is 0 Å². The van der Waals surface area contributed by atoms with Gasteiger partial charge in [0.25, 0.3) is 5.91 Å². The highest BCUT2D eigenvalue weighted by atomic mass is 79.9. The lowest BCUT2D eigenvalue weighted by molar-refractivity contribution is 0.0678. The van der Waals surface area contributed by atoms with E-state index < -0.39 is 0 Å². The van der Waals surface area contributed by atoms with Crippen LogP contribution in [-0.4, -0.2) is 48.9 Å². The fourth-order valence-corrected chi connectivity index (χ4v) is 2.69. The van der Waals surface area contributed by atoms with Crippen molar-refractivity contribution in [1.82, 2.24) is 9.80 Å². The Labute approximate surface area is 128 Å². The quantitative estimate of drug-likeness (QED) is 0.813. The third-order valence-electron chi connectivity index (χ3n) is 2.92. The lowest BCUT2D eigenvalue weighted by Crippen LogP contribution is -2.43. The third-order valence-corrected chi connectivity index (χ3v) is 3.85. The van der Waals surface area contributed by atoms with Gasteiger partial charge in [-0.05, 0) is 62.1 Å². The number of hydrogen-bond donors (Lipinski definition) is 0. The minimum Gasteiger partial charge on any atom is -0.335 e. The van der Waals surface area contributed by atoms with Crippen molar-refractivity contribution >= 4 is 33.4 Å². The molecule has 0 heterocycles. The molecule has 0 saturated heterocycles. The lowest BCUT2D eigenvalue weighted by atomic mass is 10.1. The summed E-state index contributed by atoms with van der Waals surface area (Å²) in [5.74, 6) is 0.00576. The van der Waals surface area contributed by atoms with Gasteiger partial charge < -0.3 is 9.80 Å². The van der Waals surface area contributed by atoms with Crippen molar-refractivity contribution in [2.24, 2.45) is 0 Å². The average molecular weight is 348 g/mol. The third kappa shape index (κ3) is 4.48. The lowest BCUT2D eigenvalue weighted by Gasteiger charge is -2.30. The van der Waals surface area contributed by atoms with Crippen molar-refractivity contribution < 1.29 is 4.79 Å². The van der Waals surface area contributed by atoms with Gasteiger partial charge in [-0.3, -0.25) is 4.79 Å². The second kappa shape index (κ2) is 7.27. The summed E-state index contributed by atoms with van der Waals surface area (Å²) >= 11 is 9.38. The van der Waals surface area contributed by atoms with E-state index in [-0.39, 0.29) is 11.9 Å². The molecule has 0 aliphatic heterocycles. The molecule has 1 unspecified atom stereocenters. The van der Waals surface area contributed by atoms with Gasteiger partial charge in [0.05, 0.1) is 5.56 Å². The maximum absolute atomic E-state index is 12.6. The maximum Gasteiger partial charge on any atom is 0.255 e. The summed E-state index contributed by atoms with van der Waals surface area (Å²) in [5.41, 5.74) is 0.611. The molecular formula is C14H20BrClN2O. The second-order valence-corrected chi connectivity index (χ2v) is 6.12. The van der Waals surface area contributed by atoms with E-state index in [0.29, 0.717) is 17.1 Å². The summed E-state index contributed by atoms with van der Waals surface area (Å²) in [7, 11) is 4.01. The summed E-state index contributed by atoms with van der Waals surface area (Å²) in [6.07, 6.45) is 0. The zero-order valence-electron chi connectivity index (χ0n) is 11.8. The molecule has 0 N–H and O–H groups in total. The Balaban J connectivity index is 2.98. The van der Waals surface area contributed by atoms with Gasteiger partial charge in [-0.25, -0.2) is 0 Å². The van der Waals surface area contributed by atoms with E-state index in [1.165, 1.54) is 0 Å². The van der Waals surface area contributed by atoms with E-state index in [0.717, 1.165) is 11.0 Å². The van der Waals surface area contributed by atoms with Crippen LogP contribution in [0, 0.1) is 0 Å². The highest BCUT2D eigenvalue weighted by Crippen LogP contribution is 2.23. The van der Waals surface area contributed by atoms with Crippen molar-refractivity contribution in [3.63, 3.8) is 0 Å². The number of benzene rings is 1. The highest BCUT2D eigenvalue weighted by molar-refractivity contribution is 9.10. The van der Waals surface area contributed by atoms with E-state index in [9.17, 15) is 4.79 Å². The number of carbonyl (C=O) groups excluding carboxylic acids is 1.